The Morgan fingerprint density at radius 1 is 0.750 bits per heavy atom. The van der Waals surface area contributed by atoms with Crippen molar-refractivity contribution in [2.24, 2.45) is 0 Å². The second-order valence-electron chi connectivity index (χ2n) is 6.70. The lowest BCUT2D eigenvalue weighted by Crippen LogP contribution is -2.08. The third-order valence-electron chi connectivity index (χ3n) is 4.50. The monoisotopic (exact) mass is 478 g/mol. The number of aryl methyl sites for hydroxylation is 1. The predicted molar refractivity (Wildman–Crippen MR) is 114 cm³/mol. The summed E-state index contributed by atoms with van der Waals surface area (Å²) in [7, 11) is -7.87. The number of benzene rings is 3. The summed E-state index contributed by atoms with van der Waals surface area (Å²) < 4.78 is 76.4. The van der Waals surface area contributed by atoms with Gasteiger partial charge in [-0.25, -0.2) is 0 Å². The summed E-state index contributed by atoms with van der Waals surface area (Å²) in [6.07, 6.45) is 0. The lowest BCUT2D eigenvalue weighted by Gasteiger charge is -2.12. The van der Waals surface area contributed by atoms with Gasteiger partial charge in [0.15, 0.2) is 5.78 Å². The maximum absolute atomic E-state index is 12.8. The molecule has 2 N–H and O–H groups in total. The highest BCUT2D eigenvalue weighted by Gasteiger charge is 2.22. The molecular weight excluding hydrogens is 460 g/mol. The number of ether oxygens (including phenoxy) is 2. The predicted octanol–water partition coefficient (Wildman–Crippen LogP) is 3.52. The Kier molecular flexibility index (Phi) is 6.37. The van der Waals surface area contributed by atoms with Crippen LogP contribution in [0.25, 0.3) is 0 Å². The summed E-state index contributed by atoms with van der Waals surface area (Å²) in [5, 5.41) is 0. The molecule has 0 unspecified atom stereocenters. The first-order valence-corrected chi connectivity index (χ1v) is 11.8. The van der Waals surface area contributed by atoms with Gasteiger partial charge in [0.05, 0.1) is 12.0 Å². The quantitative estimate of drug-likeness (QED) is 0.385. The van der Waals surface area contributed by atoms with Crippen molar-refractivity contribution >= 4 is 26.0 Å². The highest BCUT2D eigenvalue weighted by Crippen LogP contribution is 2.31. The van der Waals surface area contributed by atoms with E-state index in [4.69, 9.17) is 9.47 Å². The zero-order valence-electron chi connectivity index (χ0n) is 16.8. The molecule has 0 fully saturated rings. The van der Waals surface area contributed by atoms with E-state index in [0.717, 1.165) is 12.1 Å². The molecule has 11 heteroatoms. The highest BCUT2D eigenvalue weighted by atomic mass is 32.2. The standard InChI is InChI=1S/C21H18O9S2/c1-13-3-4-14(11-19(13)31(23,24)25)21(22)15-5-10-18(20(12-15)32(26,27)28)30-17-8-6-16(29-2)7-9-17/h3-12H,1-2H3,(H,23,24,25)(H,26,27,28). The fraction of sp³-hybridized carbons (Fsp3) is 0.0952. The van der Waals surface area contributed by atoms with Gasteiger partial charge in [0.2, 0.25) is 0 Å². The Bertz CT molecular complexity index is 1390. The lowest BCUT2D eigenvalue weighted by molar-refractivity contribution is 0.103. The summed E-state index contributed by atoms with van der Waals surface area (Å²) >= 11 is 0. The lowest BCUT2D eigenvalue weighted by atomic mass is 10.0. The number of rotatable bonds is 7. The maximum Gasteiger partial charge on any atom is 0.298 e. The molecule has 3 rings (SSSR count). The van der Waals surface area contributed by atoms with Crippen LogP contribution >= 0.6 is 0 Å². The normalized spacial score (nSPS) is 11.8. The smallest absolute Gasteiger partial charge is 0.298 e. The summed E-state index contributed by atoms with van der Waals surface area (Å²) in [6, 6.07) is 13.3. The van der Waals surface area contributed by atoms with Gasteiger partial charge in [0.1, 0.15) is 22.1 Å². The first-order chi connectivity index (χ1) is 14.9. The van der Waals surface area contributed by atoms with Crippen molar-refractivity contribution < 1.29 is 40.2 Å². The van der Waals surface area contributed by atoms with Crippen molar-refractivity contribution in [3.05, 3.63) is 77.4 Å². The van der Waals surface area contributed by atoms with E-state index in [1.54, 1.807) is 12.1 Å². The molecule has 0 aliphatic carbocycles. The maximum atomic E-state index is 12.8. The van der Waals surface area contributed by atoms with E-state index in [1.807, 2.05) is 0 Å². The van der Waals surface area contributed by atoms with Crippen molar-refractivity contribution in [1.29, 1.82) is 0 Å². The topological polar surface area (TPSA) is 144 Å². The van der Waals surface area contributed by atoms with E-state index in [0.29, 0.717) is 5.75 Å². The van der Waals surface area contributed by atoms with Gasteiger partial charge in [-0.1, -0.05) is 12.1 Å². The minimum absolute atomic E-state index is 0.103. The minimum Gasteiger partial charge on any atom is -0.497 e. The zero-order valence-corrected chi connectivity index (χ0v) is 18.5. The van der Waals surface area contributed by atoms with Gasteiger partial charge < -0.3 is 9.47 Å². The first-order valence-electron chi connectivity index (χ1n) is 8.96. The molecule has 0 aromatic heterocycles. The van der Waals surface area contributed by atoms with Crippen LogP contribution in [-0.2, 0) is 20.2 Å². The number of hydrogen-bond acceptors (Lipinski definition) is 7. The Hall–Kier alpha value is -3.25. The molecule has 0 aliphatic rings. The number of carbonyl (C=O) groups is 1. The third-order valence-corrected chi connectivity index (χ3v) is 6.37. The zero-order chi connectivity index (χ0) is 23.7. The fourth-order valence-electron chi connectivity index (χ4n) is 2.89. The van der Waals surface area contributed by atoms with E-state index in [-0.39, 0.29) is 28.2 Å². The van der Waals surface area contributed by atoms with Gasteiger partial charge in [-0.3, -0.25) is 13.9 Å². The van der Waals surface area contributed by atoms with E-state index < -0.39 is 35.8 Å². The molecule has 0 saturated carbocycles. The molecule has 168 valence electrons. The summed E-state index contributed by atoms with van der Waals surface area (Å²) in [5.41, 5.74) is -0.0240. The molecule has 3 aromatic rings. The molecule has 0 aliphatic heterocycles. The van der Waals surface area contributed by atoms with Crippen molar-refractivity contribution in [2.75, 3.05) is 7.11 Å². The molecule has 3 aromatic carbocycles. The van der Waals surface area contributed by atoms with Crippen LogP contribution in [0.5, 0.6) is 17.2 Å². The molecule has 9 nitrogen and oxygen atoms in total. The van der Waals surface area contributed by atoms with Crippen LogP contribution in [-0.4, -0.2) is 38.8 Å². The third kappa shape index (κ3) is 5.14. The number of hydrogen-bond donors (Lipinski definition) is 2. The fourth-order valence-corrected chi connectivity index (χ4v) is 4.28. The molecule has 0 bridgehead atoms. The van der Waals surface area contributed by atoms with E-state index in [1.165, 1.54) is 50.4 Å². The molecular formula is C21H18O9S2. The molecule has 0 amide bonds. The van der Waals surface area contributed by atoms with Crippen molar-refractivity contribution in [2.45, 2.75) is 16.7 Å². The van der Waals surface area contributed by atoms with Crippen LogP contribution in [0.1, 0.15) is 21.5 Å². The van der Waals surface area contributed by atoms with Crippen LogP contribution in [0, 0.1) is 6.92 Å². The summed E-state index contributed by atoms with van der Waals surface area (Å²) in [6.45, 7) is 1.44. The minimum atomic E-state index is -4.78. The van der Waals surface area contributed by atoms with Crippen molar-refractivity contribution in [3.8, 4) is 17.2 Å². The van der Waals surface area contributed by atoms with Gasteiger partial charge in [-0.2, -0.15) is 16.8 Å². The largest absolute Gasteiger partial charge is 0.497 e. The highest BCUT2D eigenvalue weighted by molar-refractivity contribution is 7.86. The Morgan fingerprint density at radius 3 is 1.78 bits per heavy atom. The molecule has 0 saturated heterocycles. The molecule has 0 radical (unpaired) electrons. The van der Waals surface area contributed by atoms with Gasteiger partial charge >= 0.3 is 0 Å². The van der Waals surface area contributed by atoms with Gasteiger partial charge in [-0.05, 0) is 61.0 Å². The van der Waals surface area contributed by atoms with Gasteiger partial charge in [0, 0.05) is 11.1 Å². The number of ketones is 1. The van der Waals surface area contributed by atoms with Crippen LogP contribution < -0.4 is 9.47 Å². The summed E-state index contributed by atoms with van der Waals surface area (Å²) in [5.74, 6) is -0.144. The number of methoxy groups -OCH3 is 1. The Balaban J connectivity index is 2.03. The van der Waals surface area contributed by atoms with E-state index in [2.05, 4.69) is 0 Å². The van der Waals surface area contributed by atoms with Gasteiger partial charge in [0.25, 0.3) is 20.2 Å². The van der Waals surface area contributed by atoms with Crippen LogP contribution in [0.15, 0.2) is 70.5 Å². The SMILES string of the molecule is COc1ccc(Oc2ccc(C(=O)c3ccc(C)c(S(=O)(=O)O)c3)cc2S(=O)(=O)O)cc1. The van der Waals surface area contributed by atoms with Crippen LogP contribution in [0.4, 0.5) is 0 Å². The average molecular weight is 479 g/mol. The molecule has 32 heavy (non-hydrogen) atoms. The number of carbonyl (C=O) groups excluding carboxylic acids is 1. The molecule has 0 atom stereocenters. The molecule has 0 spiro atoms. The second kappa shape index (κ2) is 8.71. The van der Waals surface area contributed by atoms with Crippen LogP contribution in [0.3, 0.4) is 0 Å². The average Bonchev–Trinajstić information content (AvgIpc) is 2.73. The van der Waals surface area contributed by atoms with E-state index >= 15 is 0 Å². The van der Waals surface area contributed by atoms with Crippen molar-refractivity contribution in [3.63, 3.8) is 0 Å². The summed E-state index contributed by atoms with van der Waals surface area (Å²) in [4.78, 5) is 11.8. The second-order valence-corrected chi connectivity index (χ2v) is 9.48. The molecule has 0 heterocycles. The van der Waals surface area contributed by atoms with Gasteiger partial charge in [-0.15, -0.1) is 0 Å². The van der Waals surface area contributed by atoms with Crippen LogP contribution in [0.2, 0.25) is 0 Å². The first kappa shape index (κ1) is 23.4. The van der Waals surface area contributed by atoms with Crippen molar-refractivity contribution in [1.82, 2.24) is 0 Å². The Morgan fingerprint density at radius 2 is 1.25 bits per heavy atom. The van der Waals surface area contributed by atoms with E-state index in [9.17, 15) is 30.7 Å². The Labute approximate surface area is 184 Å².